The second-order valence-corrected chi connectivity index (χ2v) is 8.16. The van der Waals surface area contributed by atoms with E-state index >= 15 is 0 Å². The summed E-state index contributed by atoms with van der Waals surface area (Å²) in [6, 6.07) is 0. The molecule has 0 aliphatic rings. The molecule has 24 heavy (non-hydrogen) atoms. The Hall–Kier alpha value is -1.96. The molecule has 0 unspecified atom stereocenters. The van der Waals surface area contributed by atoms with Gasteiger partial charge in [-0.05, 0) is 64.5 Å². The van der Waals surface area contributed by atoms with Crippen molar-refractivity contribution < 1.29 is 9.59 Å². The highest BCUT2D eigenvalue weighted by Crippen LogP contribution is 2.28. The number of rotatable bonds is 5. The highest BCUT2D eigenvalue weighted by atomic mass is 32.2. The van der Waals surface area contributed by atoms with Crippen LogP contribution in [-0.4, -0.2) is 42.0 Å². The molecule has 7 nitrogen and oxygen atoms in total. The summed E-state index contributed by atoms with van der Waals surface area (Å²) in [5.41, 5.74) is 2.23. The number of hydrogen-bond donors (Lipinski definition) is 1. The van der Waals surface area contributed by atoms with Crippen LogP contribution in [0, 0.1) is 13.8 Å². The van der Waals surface area contributed by atoms with Gasteiger partial charge in [0, 0.05) is 11.3 Å². The third-order valence-electron chi connectivity index (χ3n) is 3.76. The Bertz CT molecular complexity index is 785. The highest BCUT2D eigenvalue weighted by Gasteiger charge is 2.27. The van der Waals surface area contributed by atoms with Gasteiger partial charge in [0.15, 0.2) is 11.6 Å². The van der Waals surface area contributed by atoms with E-state index in [2.05, 4.69) is 20.5 Å². The van der Waals surface area contributed by atoms with E-state index in [9.17, 15) is 9.59 Å². The molecule has 0 radical (unpaired) electrons. The van der Waals surface area contributed by atoms with Crippen LogP contribution in [-0.2, 0) is 5.54 Å². The van der Waals surface area contributed by atoms with Crippen LogP contribution in [0.5, 0.6) is 0 Å². The number of aryl methyl sites for hydroxylation is 1. The van der Waals surface area contributed by atoms with Crippen molar-refractivity contribution in [1.29, 1.82) is 0 Å². The van der Waals surface area contributed by atoms with Gasteiger partial charge in [0.1, 0.15) is 0 Å². The van der Waals surface area contributed by atoms with E-state index in [1.807, 2.05) is 27.7 Å². The third kappa shape index (κ3) is 3.43. The zero-order chi connectivity index (χ0) is 18.2. The molecule has 0 aromatic carbocycles. The molecule has 0 saturated heterocycles. The number of carbonyl (C=O) groups is 2. The fourth-order valence-electron chi connectivity index (χ4n) is 2.61. The molecule has 2 heterocycles. The summed E-state index contributed by atoms with van der Waals surface area (Å²) < 4.78 is 1.70. The number of nitrogens with zero attached hydrogens (tertiary/aromatic N) is 4. The van der Waals surface area contributed by atoms with Crippen molar-refractivity contribution >= 4 is 23.3 Å². The topological polar surface area (TPSA) is 93.5 Å². The monoisotopic (exact) mass is 349 g/mol. The number of carbonyl (C=O) groups excluding carboxylic acids is 2. The summed E-state index contributed by atoms with van der Waals surface area (Å²) in [7, 11) is 0. The molecule has 0 aliphatic heterocycles. The van der Waals surface area contributed by atoms with E-state index in [1.165, 1.54) is 18.7 Å². The van der Waals surface area contributed by atoms with Crippen molar-refractivity contribution in [2.45, 2.75) is 64.4 Å². The lowest BCUT2D eigenvalue weighted by atomic mass is 10.0. The fourth-order valence-corrected chi connectivity index (χ4v) is 3.65. The van der Waals surface area contributed by atoms with E-state index in [0.29, 0.717) is 22.0 Å². The van der Waals surface area contributed by atoms with Crippen LogP contribution in [0.25, 0.3) is 0 Å². The molecule has 0 saturated carbocycles. The third-order valence-corrected chi connectivity index (χ3v) is 4.80. The number of nitrogens with one attached hydrogen (secondary N) is 1. The van der Waals surface area contributed by atoms with Crippen LogP contribution in [0.3, 0.4) is 0 Å². The van der Waals surface area contributed by atoms with E-state index < -0.39 is 0 Å². The molecule has 8 heteroatoms. The molecule has 0 fully saturated rings. The highest BCUT2D eigenvalue weighted by molar-refractivity contribution is 8.00. The number of aromatic amines is 1. The van der Waals surface area contributed by atoms with E-state index in [-0.39, 0.29) is 22.4 Å². The quantitative estimate of drug-likeness (QED) is 0.659. The summed E-state index contributed by atoms with van der Waals surface area (Å²) in [5.74, 6) is -0.117. The van der Waals surface area contributed by atoms with Gasteiger partial charge in [-0.15, -0.1) is 5.10 Å². The maximum absolute atomic E-state index is 12.8. The fraction of sp³-hybridized carbons (Fsp3) is 0.562. The van der Waals surface area contributed by atoms with Gasteiger partial charge < -0.3 is 4.98 Å². The average Bonchev–Trinajstić information content (AvgIpc) is 3.02. The minimum atomic E-state index is -0.381. The number of ketones is 2. The first-order valence-electron chi connectivity index (χ1n) is 7.73. The smallest absolute Gasteiger partial charge is 0.210 e. The lowest BCUT2D eigenvalue weighted by molar-refractivity contribution is 0.0988. The van der Waals surface area contributed by atoms with Crippen molar-refractivity contribution in [3.63, 3.8) is 0 Å². The van der Waals surface area contributed by atoms with E-state index in [1.54, 1.807) is 18.5 Å². The minimum absolute atomic E-state index is 0.0442. The van der Waals surface area contributed by atoms with Crippen molar-refractivity contribution in [2.24, 2.45) is 0 Å². The van der Waals surface area contributed by atoms with Crippen LogP contribution in [0.4, 0.5) is 0 Å². The largest absolute Gasteiger partial charge is 0.355 e. The molecular weight excluding hydrogens is 326 g/mol. The maximum Gasteiger partial charge on any atom is 0.210 e. The number of Topliss-reactive ketones (excluding diaryl/α,β-unsaturated/α-hetero) is 2. The summed E-state index contributed by atoms with van der Waals surface area (Å²) in [6.45, 7) is 12.9. The number of H-pyrrole nitrogens is 1. The van der Waals surface area contributed by atoms with Crippen LogP contribution in [0.15, 0.2) is 5.16 Å². The lowest BCUT2D eigenvalue weighted by Gasteiger charge is -2.20. The molecule has 2 rings (SSSR count). The number of thioether (sulfide) groups is 1. The zero-order valence-electron chi connectivity index (χ0n) is 15.1. The first-order chi connectivity index (χ1) is 11.0. The number of aromatic nitrogens is 5. The summed E-state index contributed by atoms with van der Waals surface area (Å²) in [4.78, 5) is 27.6. The minimum Gasteiger partial charge on any atom is -0.355 e. The molecule has 1 atom stereocenters. The van der Waals surface area contributed by atoms with Crippen molar-refractivity contribution in [3.8, 4) is 0 Å². The normalized spacial score (nSPS) is 13.1. The summed E-state index contributed by atoms with van der Waals surface area (Å²) in [5, 5.41) is 11.9. The Balaban J connectivity index is 2.27. The SMILES string of the molecule is CC(=O)c1c(C)[nH]c(C(=O)[C@H](C)Sc2nnnn2C(C)(C)C)c1C. The van der Waals surface area contributed by atoms with Gasteiger partial charge in [0.2, 0.25) is 5.16 Å². The van der Waals surface area contributed by atoms with Crippen LogP contribution < -0.4 is 0 Å². The standard InChI is InChI=1S/C16H23N5O2S/c1-8-12(10(3)22)9(2)17-13(8)14(23)11(4)24-15-18-19-20-21(15)16(5,6)7/h11,17H,1-7H3/t11-/m0/s1. The van der Waals surface area contributed by atoms with Crippen molar-refractivity contribution in [1.82, 2.24) is 25.2 Å². The van der Waals surface area contributed by atoms with E-state index in [4.69, 9.17) is 0 Å². The van der Waals surface area contributed by atoms with Crippen LogP contribution in [0.2, 0.25) is 0 Å². The van der Waals surface area contributed by atoms with Crippen LogP contribution in [0.1, 0.15) is 66.7 Å². The zero-order valence-corrected chi connectivity index (χ0v) is 15.9. The molecule has 1 N–H and O–H groups in total. The molecule has 0 amide bonds. The van der Waals surface area contributed by atoms with Gasteiger partial charge >= 0.3 is 0 Å². The van der Waals surface area contributed by atoms with Gasteiger partial charge in [-0.3, -0.25) is 9.59 Å². The second-order valence-electron chi connectivity index (χ2n) is 6.85. The molecule has 0 bridgehead atoms. The van der Waals surface area contributed by atoms with E-state index in [0.717, 1.165) is 5.69 Å². The molecular formula is C16H23N5O2S. The Morgan fingerprint density at radius 1 is 1.25 bits per heavy atom. The van der Waals surface area contributed by atoms with Gasteiger partial charge in [-0.25, -0.2) is 4.68 Å². The predicted molar refractivity (Wildman–Crippen MR) is 92.7 cm³/mol. The van der Waals surface area contributed by atoms with Gasteiger partial charge in [0.05, 0.1) is 16.5 Å². The molecule has 2 aromatic rings. The Morgan fingerprint density at radius 2 is 1.88 bits per heavy atom. The summed E-state index contributed by atoms with van der Waals surface area (Å²) in [6.07, 6.45) is 0. The Kier molecular flexibility index (Phi) is 4.98. The molecule has 130 valence electrons. The predicted octanol–water partition coefficient (Wildman–Crippen LogP) is 2.94. The van der Waals surface area contributed by atoms with Crippen LogP contribution >= 0.6 is 11.8 Å². The first-order valence-corrected chi connectivity index (χ1v) is 8.61. The maximum atomic E-state index is 12.8. The Morgan fingerprint density at radius 3 is 2.38 bits per heavy atom. The molecule has 0 spiro atoms. The number of tetrazole rings is 1. The second kappa shape index (κ2) is 6.51. The first kappa shape index (κ1) is 18.4. The molecule has 0 aliphatic carbocycles. The van der Waals surface area contributed by atoms with Crippen molar-refractivity contribution in [2.75, 3.05) is 0 Å². The molecule has 2 aromatic heterocycles. The lowest BCUT2D eigenvalue weighted by Crippen LogP contribution is -2.25. The number of hydrogen-bond acceptors (Lipinski definition) is 6. The Labute approximate surface area is 145 Å². The van der Waals surface area contributed by atoms with Gasteiger partial charge in [0.25, 0.3) is 0 Å². The van der Waals surface area contributed by atoms with Crippen molar-refractivity contribution in [3.05, 3.63) is 22.5 Å². The summed E-state index contributed by atoms with van der Waals surface area (Å²) >= 11 is 1.31. The van der Waals surface area contributed by atoms with Gasteiger partial charge in [-0.1, -0.05) is 11.8 Å². The average molecular weight is 349 g/mol. The van der Waals surface area contributed by atoms with Gasteiger partial charge in [-0.2, -0.15) is 0 Å².